The second-order valence-electron chi connectivity index (χ2n) is 4.02. The third-order valence-electron chi connectivity index (χ3n) is 2.73. The van der Waals surface area contributed by atoms with Gasteiger partial charge in [0.15, 0.2) is 0 Å². The lowest BCUT2D eigenvalue weighted by molar-refractivity contribution is -0.0314. The van der Waals surface area contributed by atoms with Gasteiger partial charge in [-0.05, 0) is 41.3 Å². The first-order chi connectivity index (χ1) is 7.09. The number of nitrogens with one attached hydrogen (secondary N) is 1. The molecule has 2 rings (SSSR count). The van der Waals surface area contributed by atoms with Gasteiger partial charge in [-0.3, -0.25) is 0 Å². The van der Waals surface area contributed by atoms with E-state index in [0.717, 1.165) is 34.6 Å². The van der Waals surface area contributed by atoms with Gasteiger partial charge in [-0.1, -0.05) is 11.6 Å². The van der Waals surface area contributed by atoms with Crippen LogP contribution >= 0.6 is 38.9 Å². The molecule has 5 heteroatoms. The molecule has 1 saturated carbocycles. The maximum absolute atomic E-state index is 9.85. The van der Waals surface area contributed by atoms with Crippen molar-refractivity contribution >= 4 is 38.9 Å². The minimum atomic E-state index is -0.446. The summed E-state index contributed by atoms with van der Waals surface area (Å²) >= 11 is 10.9. The van der Waals surface area contributed by atoms with Crippen LogP contribution in [0.3, 0.4) is 0 Å². The molecule has 1 fully saturated rings. The number of thiophene rings is 1. The van der Waals surface area contributed by atoms with Gasteiger partial charge >= 0.3 is 0 Å². The fraction of sp³-hybridized carbons (Fsp3) is 0.600. The van der Waals surface area contributed by atoms with Crippen molar-refractivity contribution in [2.24, 2.45) is 0 Å². The number of hydrogen-bond acceptors (Lipinski definition) is 3. The van der Waals surface area contributed by atoms with E-state index in [9.17, 15) is 5.11 Å². The van der Waals surface area contributed by atoms with Crippen molar-refractivity contribution in [2.45, 2.75) is 31.4 Å². The Morgan fingerprint density at radius 1 is 1.60 bits per heavy atom. The highest BCUT2D eigenvalue weighted by molar-refractivity contribution is 9.10. The molecular weight excluding hydrogens is 298 g/mol. The average Bonchev–Trinajstić information content (AvgIpc) is 2.43. The molecular formula is C10H13BrClNOS. The SMILES string of the molecule is OC1(CNCc2cc(Br)c(Cl)s2)CCC1. The second kappa shape index (κ2) is 4.72. The minimum absolute atomic E-state index is 0.446. The highest BCUT2D eigenvalue weighted by Gasteiger charge is 2.33. The summed E-state index contributed by atoms with van der Waals surface area (Å²) in [6.45, 7) is 1.46. The van der Waals surface area contributed by atoms with Gasteiger partial charge in [0.2, 0.25) is 0 Å². The summed E-state index contributed by atoms with van der Waals surface area (Å²) in [5, 5.41) is 13.1. The molecule has 1 aromatic heterocycles. The van der Waals surface area contributed by atoms with Gasteiger partial charge < -0.3 is 10.4 Å². The van der Waals surface area contributed by atoms with E-state index < -0.39 is 5.60 Å². The van der Waals surface area contributed by atoms with Crippen LogP contribution in [0.2, 0.25) is 4.34 Å². The van der Waals surface area contributed by atoms with E-state index in [-0.39, 0.29) is 0 Å². The summed E-state index contributed by atoms with van der Waals surface area (Å²) in [5.41, 5.74) is -0.446. The van der Waals surface area contributed by atoms with Crippen molar-refractivity contribution in [3.8, 4) is 0 Å². The first kappa shape index (κ1) is 11.9. The van der Waals surface area contributed by atoms with Crippen LogP contribution in [-0.4, -0.2) is 17.3 Å². The Labute approximate surface area is 107 Å². The number of rotatable bonds is 4. The Morgan fingerprint density at radius 2 is 2.33 bits per heavy atom. The van der Waals surface area contributed by atoms with Crippen LogP contribution in [-0.2, 0) is 6.54 Å². The van der Waals surface area contributed by atoms with E-state index in [1.807, 2.05) is 6.07 Å². The molecule has 1 aliphatic carbocycles. The van der Waals surface area contributed by atoms with Crippen LogP contribution in [0.4, 0.5) is 0 Å². The summed E-state index contributed by atoms with van der Waals surface area (Å²) in [7, 11) is 0. The lowest BCUT2D eigenvalue weighted by atomic mass is 9.80. The maximum atomic E-state index is 9.85. The standard InChI is InChI=1S/C10H13BrClNOS/c11-8-4-7(15-9(8)12)5-13-6-10(14)2-1-3-10/h4,13-14H,1-3,5-6H2. The predicted molar refractivity (Wildman–Crippen MR) is 67.5 cm³/mol. The van der Waals surface area contributed by atoms with Crippen molar-refractivity contribution in [1.29, 1.82) is 0 Å². The van der Waals surface area contributed by atoms with E-state index in [0.29, 0.717) is 6.54 Å². The van der Waals surface area contributed by atoms with Crippen LogP contribution in [0.5, 0.6) is 0 Å². The van der Waals surface area contributed by atoms with Gasteiger partial charge in [0.05, 0.1) is 5.60 Å². The predicted octanol–water partition coefficient (Wildman–Crippen LogP) is 3.17. The number of hydrogen-bond donors (Lipinski definition) is 2. The maximum Gasteiger partial charge on any atom is 0.107 e. The minimum Gasteiger partial charge on any atom is -0.389 e. The first-order valence-electron chi connectivity index (χ1n) is 4.96. The fourth-order valence-electron chi connectivity index (χ4n) is 1.66. The van der Waals surface area contributed by atoms with Crippen LogP contribution < -0.4 is 5.32 Å². The van der Waals surface area contributed by atoms with Gasteiger partial charge in [-0.15, -0.1) is 11.3 Å². The average molecular weight is 311 g/mol. The fourth-order valence-corrected chi connectivity index (χ4v) is 3.42. The van der Waals surface area contributed by atoms with Crippen molar-refractivity contribution in [3.63, 3.8) is 0 Å². The second-order valence-corrected chi connectivity index (χ2v) is 6.61. The highest BCUT2D eigenvalue weighted by Crippen LogP contribution is 2.33. The van der Waals surface area contributed by atoms with Crippen molar-refractivity contribution < 1.29 is 5.11 Å². The first-order valence-corrected chi connectivity index (χ1v) is 6.95. The monoisotopic (exact) mass is 309 g/mol. The topological polar surface area (TPSA) is 32.3 Å². The Kier molecular flexibility index (Phi) is 3.73. The van der Waals surface area contributed by atoms with Crippen LogP contribution in [0.25, 0.3) is 0 Å². The third-order valence-corrected chi connectivity index (χ3v) is 5.21. The van der Waals surface area contributed by atoms with Crippen LogP contribution in [0.15, 0.2) is 10.5 Å². The Balaban J connectivity index is 1.78. The van der Waals surface area contributed by atoms with Crippen LogP contribution in [0, 0.1) is 0 Å². The largest absolute Gasteiger partial charge is 0.389 e. The third kappa shape index (κ3) is 2.94. The van der Waals surface area contributed by atoms with E-state index in [1.54, 1.807) is 11.3 Å². The number of aliphatic hydroxyl groups is 1. The number of halogens is 2. The van der Waals surface area contributed by atoms with Gasteiger partial charge in [0.1, 0.15) is 4.34 Å². The molecule has 0 aliphatic heterocycles. The van der Waals surface area contributed by atoms with E-state index in [1.165, 1.54) is 4.88 Å². The summed E-state index contributed by atoms with van der Waals surface area (Å²) in [4.78, 5) is 1.19. The zero-order chi connectivity index (χ0) is 10.9. The lowest BCUT2D eigenvalue weighted by Crippen LogP contribution is -2.45. The molecule has 0 atom stereocenters. The molecule has 0 aromatic carbocycles. The normalized spacial score (nSPS) is 18.9. The quantitative estimate of drug-likeness (QED) is 0.895. The zero-order valence-corrected chi connectivity index (χ0v) is 11.4. The molecule has 2 N–H and O–H groups in total. The van der Waals surface area contributed by atoms with Gasteiger partial charge in [-0.2, -0.15) is 0 Å². The van der Waals surface area contributed by atoms with Gasteiger partial charge in [0, 0.05) is 22.4 Å². The van der Waals surface area contributed by atoms with Gasteiger partial charge in [0.25, 0.3) is 0 Å². The molecule has 0 unspecified atom stereocenters. The molecule has 1 aromatic rings. The van der Waals surface area contributed by atoms with E-state index >= 15 is 0 Å². The Bertz CT molecular complexity index is 332. The van der Waals surface area contributed by atoms with Gasteiger partial charge in [-0.25, -0.2) is 0 Å². The molecule has 0 radical (unpaired) electrons. The summed E-state index contributed by atoms with van der Waals surface area (Å²) < 4.78 is 1.74. The molecule has 0 bridgehead atoms. The van der Waals surface area contributed by atoms with Crippen molar-refractivity contribution in [1.82, 2.24) is 5.32 Å². The Hall–Kier alpha value is 0.390. The lowest BCUT2D eigenvalue weighted by Gasteiger charge is -2.36. The summed E-state index contributed by atoms with van der Waals surface area (Å²) in [6, 6.07) is 2.02. The molecule has 1 heterocycles. The smallest absolute Gasteiger partial charge is 0.107 e. The Morgan fingerprint density at radius 3 is 2.80 bits per heavy atom. The summed E-state index contributed by atoms with van der Waals surface area (Å²) in [5.74, 6) is 0. The van der Waals surface area contributed by atoms with Crippen molar-refractivity contribution in [3.05, 3.63) is 19.8 Å². The zero-order valence-electron chi connectivity index (χ0n) is 8.22. The van der Waals surface area contributed by atoms with Crippen molar-refractivity contribution in [2.75, 3.05) is 6.54 Å². The highest BCUT2D eigenvalue weighted by atomic mass is 79.9. The molecule has 0 amide bonds. The van der Waals surface area contributed by atoms with Crippen LogP contribution in [0.1, 0.15) is 24.1 Å². The molecule has 15 heavy (non-hydrogen) atoms. The molecule has 0 spiro atoms. The molecule has 2 nitrogen and oxygen atoms in total. The molecule has 0 saturated heterocycles. The molecule has 1 aliphatic rings. The van der Waals surface area contributed by atoms with E-state index in [2.05, 4.69) is 21.2 Å². The molecule has 84 valence electrons. The summed E-state index contributed by atoms with van der Waals surface area (Å²) in [6.07, 6.45) is 3.00. The van der Waals surface area contributed by atoms with E-state index in [4.69, 9.17) is 11.6 Å².